The molecule has 124 valence electrons. The molecule has 4 aromatic rings. The fourth-order valence-corrected chi connectivity index (χ4v) is 2.88. The van der Waals surface area contributed by atoms with Crippen molar-refractivity contribution in [3.63, 3.8) is 0 Å². The normalized spacial score (nSPS) is 12.5. The maximum absolute atomic E-state index is 12.6. The third kappa shape index (κ3) is 2.28. The SMILES string of the molecule is C[C@@H](C(=O)O)n1ccc2c(cnc3c(-c4ccccc4)cnn32)c1=O. The van der Waals surface area contributed by atoms with Crippen LogP contribution in [0.15, 0.2) is 59.8 Å². The molecule has 0 bridgehead atoms. The van der Waals surface area contributed by atoms with Gasteiger partial charge in [-0.05, 0) is 18.6 Å². The number of pyridine rings is 1. The van der Waals surface area contributed by atoms with E-state index >= 15 is 0 Å². The first-order chi connectivity index (χ1) is 12.1. The second-order valence-electron chi connectivity index (χ2n) is 5.76. The van der Waals surface area contributed by atoms with E-state index in [-0.39, 0.29) is 0 Å². The summed E-state index contributed by atoms with van der Waals surface area (Å²) >= 11 is 0. The molecule has 1 aromatic carbocycles. The van der Waals surface area contributed by atoms with Crippen molar-refractivity contribution in [2.75, 3.05) is 0 Å². The molecule has 25 heavy (non-hydrogen) atoms. The number of carbonyl (C=O) groups is 1. The minimum absolute atomic E-state index is 0.325. The zero-order chi connectivity index (χ0) is 17.6. The highest BCUT2D eigenvalue weighted by molar-refractivity contribution is 5.85. The van der Waals surface area contributed by atoms with Crippen LogP contribution in [0.3, 0.4) is 0 Å². The molecule has 0 aliphatic carbocycles. The zero-order valence-electron chi connectivity index (χ0n) is 13.3. The topological polar surface area (TPSA) is 89.5 Å². The number of carboxylic acids is 1. The molecule has 3 aromatic heterocycles. The summed E-state index contributed by atoms with van der Waals surface area (Å²) < 4.78 is 2.79. The van der Waals surface area contributed by atoms with Crippen molar-refractivity contribution in [3.8, 4) is 11.1 Å². The van der Waals surface area contributed by atoms with E-state index in [4.69, 9.17) is 5.11 Å². The van der Waals surface area contributed by atoms with Gasteiger partial charge in [0.2, 0.25) is 0 Å². The van der Waals surface area contributed by atoms with Gasteiger partial charge in [0, 0.05) is 18.0 Å². The first kappa shape index (κ1) is 15.1. The van der Waals surface area contributed by atoms with Gasteiger partial charge in [-0.1, -0.05) is 30.3 Å². The van der Waals surface area contributed by atoms with Crippen molar-refractivity contribution >= 4 is 22.5 Å². The molecule has 1 N–H and O–H groups in total. The van der Waals surface area contributed by atoms with Crippen LogP contribution in [0.25, 0.3) is 27.7 Å². The molecule has 7 heteroatoms. The monoisotopic (exact) mass is 334 g/mol. The number of aliphatic carboxylic acids is 1. The van der Waals surface area contributed by atoms with Gasteiger partial charge in [0.15, 0.2) is 5.65 Å². The Hall–Kier alpha value is -3.48. The number of benzene rings is 1. The Balaban J connectivity index is 1.97. The molecule has 0 saturated carbocycles. The maximum Gasteiger partial charge on any atom is 0.326 e. The van der Waals surface area contributed by atoms with Crippen molar-refractivity contribution < 1.29 is 9.90 Å². The summed E-state index contributed by atoms with van der Waals surface area (Å²) in [6.07, 6.45) is 4.67. The maximum atomic E-state index is 12.6. The molecule has 0 unspecified atom stereocenters. The van der Waals surface area contributed by atoms with Crippen molar-refractivity contribution in [2.24, 2.45) is 0 Å². The highest BCUT2D eigenvalue weighted by atomic mass is 16.4. The largest absolute Gasteiger partial charge is 0.480 e. The molecule has 0 fully saturated rings. The Kier molecular flexibility index (Phi) is 3.35. The summed E-state index contributed by atoms with van der Waals surface area (Å²) in [5.41, 5.74) is 2.68. The van der Waals surface area contributed by atoms with Crippen LogP contribution in [0.5, 0.6) is 0 Å². The van der Waals surface area contributed by atoms with E-state index < -0.39 is 17.6 Å². The predicted octanol–water partition coefficient (Wildman–Crippen LogP) is 2.36. The van der Waals surface area contributed by atoms with Gasteiger partial charge in [-0.25, -0.2) is 14.3 Å². The van der Waals surface area contributed by atoms with E-state index in [1.54, 1.807) is 16.8 Å². The smallest absolute Gasteiger partial charge is 0.326 e. The molecule has 0 aliphatic heterocycles. The van der Waals surface area contributed by atoms with Crippen LogP contribution in [0.4, 0.5) is 0 Å². The van der Waals surface area contributed by atoms with Gasteiger partial charge in [0.1, 0.15) is 6.04 Å². The molecule has 7 nitrogen and oxygen atoms in total. The molecule has 0 saturated heterocycles. The fourth-order valence-electron chi connectivity index (χ4n) is 2.88. The molecule has 0 spiro atoms. The van der Waals surface area contributed by atoms with Crippen LogP contribution in [0.1, 0.15) is 13.0 Å². The number of fused-ring (bicyclic) bond motifs is 3. The molecule has 4 rings (SSSR count). The molecule has 0 amide bonds. The van der Waals surface area contributed by atoms with Crippen molar-refractivity contribution in [1.82, 2.24) is 19.2 Å². The Morgan fingerprint density at radius 2 is 1.92 bits per heavy atom. The van der Waals surface area contributed by atoms with Gasteiger partial charge in [-0.15, -0.1) is 0 Å². The van der Waals surface area contributed by atoms with Crippen LogP contribution in [0.2, 0.25) is 0 Å². The summed E-state index contributed by atoms with van der Waals surface area (Å²) in [5.74, 6) is -1.07. The molecular formula is C18H14N4O3. The average Bonchev–Trinajstić information content (AvgIpc) is 3.06. The van der Waals surface area contributed by atoms with Crippen LogP contribution in [-0.2, 0) is 4.79 Å². The predicted molar refractivity (Wildman–Crippen MR) is 92.5 cm³/mol. The number of carboxylic acid groups (broad SMARTS) is 1. The molecule has 0 aliphatic rings. The van der Waals surface area contributed by atoms with E-state index in [0.29, 0.717) is 16.6 Å². The lowest BCUT2D eigenvalue weighted by Gasteiger charge is -2.11. The minimum Gasteiger partial charge on any atom is -0.480 e. The third-order valence-electron chi connectivity index (χ3n) is 4.28. The highest BCUT2D eigenvalue weighted by Gasteiger charge is 2.18. The fraction of sp³-hybridized carbons (Fsp3) is 0.111. The lowest BCUT2D eigenvalue weighted by Crippen LogP contribution is -2.27. The Labute approximate surface area is 141 Å². The molecule has 3 heterocycles. The summed E-state index contributed by atoms with van der Waals surface area (Å²) in [7, 11) is 0. The number of aromatic nitrogens is 4. The number of hydrogen-bond donors (Lipinski definition) is 1. The quantitative estimate of drug-likeness (QED) is 0.621. The summed E-state index contributed by atoms with van der Waals surface area (Å²) in [5, 5.41) is 13.8. The molecule has 0 radical (unpaired) electrons. The number of nitrogens with zero attached hydrogens (tertiary/aromatic N) is 4. The Bertz CT molecular complexity index is 1160. The van der Waals surface area contributed by atoms with Crippen molar-refractivity contribution in [1.29, 1.82) is 0 Å². The van der Waals surface area contributed by atoms with Crippen LogP contribution in [0, 0.1) is 0 Å². The van der Waals surface area contributed by atoms with Gasteiger partial charge in [-0.2, -0.15) is 5.10 Å². The first-order valence-electron chi connectivity index (χ1n) is 7.74. The van der Waals surface area contributed by atoms with Crippen molar-refractivity contribution in [2.45, 2.75) is 13.0 Å². The van der Waals surface area contributed by atoms with E-state index in [0.717, 1.165) is 11.1 Å². The van der Waals surface area contributed by atoms with E-state index in [1.807, 2.05) is 30.3 Å². The van der Waals surface area contributed by atoms with Crippen molar-refractivity contribution in [3.05, 3.63) is 65.3 Å². The Morgan fingerprint density at radius 3 is 2.64 bits per heavy atom. The number of hydrogen-bond acceptors (Lipinski definition) is 4. The Morgan fingerprint density at radius 1 is 1.16 bits per heavy atom. The standard InChI is InChI=1S/C18H14N4O3/c1-11(18(24)25)21-8-7-15-14(17(21)23)9-19-16-13(10-20-22(15)16)12-5-3-2-4-6-12/h2-11H,1H3,(H,24,25)/t11-/m0/s1. The van der Waals surface area contributed by atoms with Gasteiger partial charge in [-0.3, -0.25) is 4.79 Å². The lowest BCUT2D eigenvalue weighted by atomic mass is 10.1. The summed E-state index contributed by atoms with van der Waals surface area (Å²) in [4.78, 5) is 28.2. The van der Waals surface area contributed by atoms with E-state index in [2.05, 4.69) is 10.1 Å². The van der Waals surface area contributed by atoms with Crippen LogP contribution in [-0.4, -0.2) is 30.2 Å². The zero-order valence-corrected chi connectivity index (χ0v) is 13.3. The molecule has 1 atom stereocenters. The van der Waals surface area contributed by atoms with E-state index in [1.165, 1.54) is 23.9 Å². The third-order valence-corrected chi connectivity index (χ3v) is 4.28. The average molecular weight is 334 g/mol. The van der Waals surface area contributed by atoms with Crippen LogP contribution >= 0.6 is 0 Å². The summed E-state index contributed by atoms with van der Waals surface area (Å²) in [6, 6.07) is 10.5. The first-order valence-corrected chi connectivity index (χ1v) is 7.74. The van der Waals surface area contributed by atoms with Gasteiger partial charge in [0.05, 0.1) is 17.1 Å². The summed E-state index contributed by atoms with van der Waals surface area (Å²) in [6.45, 7) is 1.46. The molecular weight excluding hydrogens is 320 g/mol. The lowest BCUT2D eigenvalue weighted by molar-refractivity contribution is -0.140. The van der Waals surface area contributed by atoms with Gasteiger partial charge < -0.3 is 9.67 Å². The van der Waals surface area contributed by atoms with E-state index in [9.17, 15) is 9.59 Å². The number of rotatable bonds is 3. The minimum atomic E-state index is -1.07. The second-order valence-corrected chi connectivity index (χ2v) is 5.76. The second kappa shape index (κ2) is 5.55. The highest BCUT2D eigenvalue weighted by Crippen LogP contribution is 2.24. The van der Waals surface area contributed by atoms with Gasteiger partial charge >= 0.3 is 5.97 Å². The van der Waals surface area contributed by atoms with Gasteiger partial charge in [0.25, 0.3) is 5.56 Å². The van der Waals surface area contributed by atoms with Crippen LogP contribution < -0.4 is 5.56 Å².